The zero-order valence-electron chi connectivity index (χ0n) is 14.3. The van der Waals surface area contributed by atoms with Crippen molar-refractivity contribution in [3.8, 4) is 0 Å². The van der Waals surface area contributed by atoms with E-state index in [-0.39, 0.29) is 30.5 Å². The number of benzene rings is 1. The number of piperazine rings is 1. The van der Waals surface area contributed by atoms with Gasteiger partial charge in [0.25, 0.3) is 0 Å². The Morgan fingerprint density at radius 1 is 1.21 bits per heavy atom. The SMILES string of the molecule is CC1CN(CCC(=O)N2CCNCC2)CC(c2ccccc2)O1.Cl. The van der Waals surface area contributed by atoms with Crippen LogP contribution in [-0.4, -0.2) is 67.6 Å². The topological polar surface area (TPSA) is 44.8 Å². The lowest BCUT2D eigenvalue weighted by atomic mass is 10.1. The minimum atomic E-state index is 0. The van der Waals surface area contributed by atoms with E-state index in [0.29, 0.717) is 6.42 Å². The van der Waals surface area contributed by atoms with Gasteiger partial charge >= 0.3 is 0 Å². The van der Waals surface area contributed by atoms with Crippen LogP contribution in [0.5, 0.6) is 0 Å². The van der Waals surface area contributed by atoms with Crippen molar-refractivity contribution in [2.24, 2.45) is 0 Å². The molecule has 2 aliphatic heterocycles. The van der Waals surface area contributed by atoms with E-state index >= 15 is 0 Å². The van der Waals surface area contributed by atoms with Crippen LogP contribution in [0.15, 0.2) is 30.3 Å². The lowest BCUT2D eigenvalue weighted by Gasteiger charge is -2.37. The van der Waals surface area contributed by atoms with Gasteiger partial charge in [-0.1, -0.05) is 30.3 Å². The summed E-state index contributed by atoms with van der Waals surface area (Å²) in [6, 6.07) is 10.4. The second-order valence-corrected chi connectivity index (χ2v) is 6.49. The van der Waals surface area contributed by atoms with E-state index < -0.39 is 0 Å². The first-order valence-corrected chi connectivity index (χ1v) is 8.63. The average Bonchev–Trinajstić information content (AvgIpc) is 2.61. The number of nitrogens with zero attached hydrogens (tertiary/aromatic N) is 2. The predicted molar refractivity (Wildman–Crippen MR) is 97.5 cm³/mol. The summed E-state index contributed by atoms with van der Waals surface area (Å²) >= 11 is 0. The van der Waals surface area contributed by atoms with Crippen molar-refractivity contribution >= 4 is 18.3 Å². The van der Waals surface area contributed by atoms with Crippen LogP contribution in [-0.2, 0) is 9.53 Å². The third kappa shape index (κ3) is 5.18. The monoisotopic (exact) mass is 353 g/mol. The standard InChI is InChI=1S/C18H27N3O2.ClH/c1-15-13-20(10-7-18(22)21-11-8-19-9-12-21)14-17(23-15)16-5-3-2-4-6-16;/h2-6,15,17,19H,7-14H2,1H3;1H. The molecule has 2 unspecified atom stereocenters. The molecule has 2 heterocycles. The fourth-order valence-corrected chi connectivity index (χ4v) is 3.40. The maximum Gasteiger partial charge on any atom is 0.223 e. The Balaban J connectivity index is 0.00000208. The Morgan fingerprint density at radius 3 is 2.62 bits per heavy atom. The Morgan fingerprint density at radius 2 is 1.92 bits per heavy atom. The van der Waals surface area contributed by atoms with Crippen molar-refractivity contribution in [1.82, 2.24) is 15.1 Å². The van der Waals surface area contributed by atoms with Crippen molar-refractivity contribution in [3.05, 3.63) is 35.9 Å². The van der Waals surface area contributed by atoms with E-state index in [9.17, 15) is 4.79 Å². The smallest absolute Gasteiger partial charge is 0.223 e. The molecule has 2 fully saturated rings. The molecule has 1 aromatic rings. The highest BCUT2D eigenvalue weighted by molar-refractivity contribution is 5.85. The van der Waals surface area contributed by atoms with E-state index in [1.807, 2.05) is 11.0 Å². The number of carbonyl (C=O) groups excluding carboxylic acids is 1. The van der Waals surface area contributed by atoms with Gasteiger partial charge in [0.15, 0.2) is 0 Å². The van der Waals surface area contributed by atoms with Crippen molar-refractivity contribution in [3.63, 3.8) is 0 Å². The van der Waals surface area contributed by atoms with Gasteiger partial charge in [-0.2, -0.15) is 0 Å². The van der Waals surface area contributed by atoms with Crippen molar-refractivity contribution in [2.75, 3.05) is 45.8 Å². The highest BCUT2D eigenvalue weighted by Crippen LogP contribution is 2.25. The van der Waals surface area contributed by atoms with Gasteiger partial charge in [-0.25, -0.2) is 0 Å². The van der Waals surface area contributed by atoms with E-state index in [1.165, 1.54) is 5.56 Å². The summed E-state index contributed by atoms with van der Waals surface area (Å²) in [6.45, 7) is 8.20. The summed E-state index contributed by atoms with van der Waals surface area (Å²) in [5, 5.41) is 3.28. The number of hydrogen-bond acceptors (Lipinski definition) is 4. The largest absolute Gasteiger partial charge is 0.368 e. The van der Waals surface area contributed by atoms with Crippen LogP contribution in [0.1, 0.15) is 25.0 Å². The fraction of sp³-hybridized carbons (Fsp3) is 0.611. The molecule has 2 saturated heterocycles. The maximum atomic E-state index is 12.3. The van der Waals surface area contributed by atoms with Gasteiger partial charge < -0.3 is 15.0 Å². The van der Waals surface area contributed by atoms with E-state index in [2.05, 4.69) is 41.4 Å². The van der Waals surface area contributed by atoms with Crippen molar-refractivity contribution in [1.29, 1.82) is 0 Å². The molecule has 0 bridgehead atoms. The normalized spacial score (nSPS) is 25.1. The van der Waals surface area contributed by atoms with Crippen LogP contribution in [0.4, 0.5) is 0 Å². The minimum absolute atomic E-state index is 0. The molecule has 134 valence electrons. The summed E-state index contributed by atoms with van der Waals surface area (Å²) in [7, 11) is 0. The Bertz CT molecular complexity index is 508. The molecule has 2 atom stereocenters. The van der Waals surface area contributed by atoms with Crippen molar-refractivity contribution in [2.45, 2.75) is 25.6 Å². The van der Waals surface area contributed by atoms with E-state index in [4.69, 9.17) is 4.74 Å². The number of rotatable bonds is 4. The molecule has 1 N–H and O–H groups in total. The number of amides is 1. The number of hydrogen-bond donors (Lipinski definition) is 1. The molecule has 1 amide bonds. The molecule has 6 heteroatoms. The maximum absolute atomic E-state index is 12.3. The molecular formula is C18H28ClN3O2. The summed E-state index contributed by atoms with van der Waals surface area (Å²) in [6.07, 6.45) is 0.909. The van der Waals surface area contributed by atoms with Gasteiger partial charge in [0.05, 0.1) is 12.2 Å². The molecule has 24 heavy (non-hydrogen) atoms. The Labute approximate surface area is 150 Å². The van der Waals surface area contributed by atoms with Crippen LogP contribution in [0.25, 0.3) is 0 Å². The fourth-order valence-electron chi connectivity index (χ4n) is 3.40. The first-order valence-electron chi connectivity index (χ1n) is 8.63. The van der Waals surface area contributed by atoms with Crippen LogP contribution in [0, 0.1) is 0 Å². The third-order valence-electron chi connectivity index (χ3n) is 4.62. The lowest BCUT2D eigenvalue weighted by Crippen LogP contribution is -2.48. The third-order valence-corrected chi connectivity index (χ3v) is 4.62. The molecular weight excluding hydrogens is 326 g/mol. The molecule has 3 rings (SSSR count). The van der Waals surface area contributed by atoms with Gasteiger partial charge in [-0.15, -0.1) is 12.4 Å². The first kappa shape index (κ1) is 19.2. The number of nitrogens with one attached hydrogen (secondary N) is 1. The quantitative estimate of drug-likeness (QED) is 0.894. The number of morpholine rings is 1. The van der Waals surface area contributed by atoms with Gasteiger partial charge in [0.2, 0.25) is 5.91 Å². The first-order chi connectivity index (χ1) is 11.2. The second kappa shape index (κ2) is 9.37. The molecule has 0 aromatic heterocycles. The zero-order chi connectivity index (χ0) is 16.1. The highest BCUT2D eigenvalue weighted by Gasteiger charge is 2.27. The van der Waals surface area contributed by atoms with Gasteiger partial charge in [-0.05, 0) is 12.5 Å². The van der Waals surface area contributed by atoms with Crippen LogP contribution >= 0.6 is 12.4 Å². The van der Waals surface area contributed by atoms with E-state index in [0.717, 1.165) is 45.8 Å². The number of ether oxygens (including phenoxy) is 1. The minimum Gasteiger partial charge on any atom is -0.368 e. The summed E-state index contributed by atoms with van der Waals surface area (Å²) < 4.78 is 6.08. The molecule has 0 spiro atoms. The average molecular weight is 354 g/mol. The molecule has 0 radical (unpaired) electrons. The number of halogens is 1. The zero-order valence-corrected chi connectivity index (χ0v) is 15.1. The van der Waals surface area contributed by atoms with Crippen LogP contribution < -0.4 is 5.32 Å². The molecule has 2 aliphatic rings. The molecule has 1 aromatic carbocycles. The predicted octanol–water partition coefficient (Wildman–Crippen LogP) is 1.69. The Hall–Kier alpha value is -1.14. The van der Waals surface area contributed by atoms with Crippen LogP contribution in [0.3, 0.4) is 0 Å². The molecule has 0 saturated carbocycles. The molecule has 0 aliphatic carbocycles. The Kier molecular flexibility index (Phi) is 7.49. The van der Waals surface area contributed by atoms with E-state index in [1.54, 1.807) is 0 Å². The second-order valence-electron chi connectivity index (χ2n) is 6.49. The van der Waals surface area contributed by atoms with Gasteiger partial charge in [0, 0.05) is 52.2 Å². The van der Waals surface area contributed by atoms with Gasteiger partial charge in [0.1, 0.15) is 0 Å². The summed E-state index contributed by atoms with van der Waals surface area (Å²) in [4.78, 5) is 16.7. The van der Waals surface area contributed by atoms with Crippen LogP contribution in [0.2, 0.25) is 0 Å². The lowest BCUT2D eigenvalue weighted by molar-refractivity contribution is -0.133. The highest BCUT2D eigenvalue weighted by atomic mass is 35.5. The van der Waals surface area contributed by atoms with Gasteiger partial charge in [-0.3, -0.25) is 9.69 Å². The summed E-state index contributed by atoms with van der Waals surface area (Å²) in [5.41, 5.74) is 1.22. The molecule has 5 nitrogen and oxygen atoms in total. The van der Waals surface area contributed by atoms with Crippen molar-refractivity contribution < 1.29 is 9.53 Å². The number of carbonyl (C=O) groups is 1. The summed E-state index contributed by atoms with van der Waals surface area (Å²) in [5.74, 6) is 0.280.